The van der Waals surface area contributed by atoms with Crippen LogP contribution in [0.4, 0.5) is 0 Å². The molecule has 1 aliphatic rings. The predicted molar refractivity (Wildman–Crippen MR) is 92.4 cm³/mol. The Morgan fingerprint density at radius 3 is 2.82 bits per heavy atom. The SMILES string of the molecule is CC(Oc1ccc(Cl)cc1Cl)C(=O)NC1CCNCC1C.Cl. The van der Waals surface area contributed by atoms with E-state index < -0.39 is 6.10 Å². The van der Waals surface area contributed by atoms with Gasteiger partial charge in [-0.2, -0.15) is 0 Å². The van der Waals surface area contributed by atoms with Crippen LogP contribution in [0.3, 0.4) is 0 Å². The van der Waals surface area contributed by atoms with Gasteiger partial charge in [0.05, 0.1) is 5.02 Å². The maximum atomic E-state index is 12.2. The first kappa shape index (κ1) is 19.4. The summed E-state index contributed by atoms with van der Waals surface area (Å²) >= 11 is 11.9. The number of hydrogen-bond acceptors (Lipinski definition) is 3. The van der Waals surface area contributed by atoms with Crippen LogP contribution in [0.2, 0.25) is 10.0 Å². The van der Waals surface area contributed by atoms with Crippen LogP contribution in [0.1, 0.15) is 20.3 Å². The van der Waals surface area contributed by atoms with Crippen molar-refractivity contribution in [2.75, 3.05) is 13.1 Å². The van der Waals surface area contributed by atoms with Crippen molar-refractivity contribution < 1.29 is 9.53 Å². The maximum Gasteiger partial charge on any atom is 0.261 e. The van der Waals surface area contributed by atoms with E-state index in [4.69, 9.17) is 27.9 Å². The lowest BCUT2D eigenvalue weighted by molar-refractivity contribution is -0.128. The number of hydrogen-bond donors (Lipinski definition) is 2. The summed E-state index contributed by atoms with van der Waals surface area (Å²) in [6.45, 7) is 5.68. The lowest BCUT2D eigenvalue weighted by Gasteiger charge is -2.31. The number of ether oxygens (including phenoxy) is 1. The molecule has 1 aliphatic heterocycles. The fraction of sp³-hybridized carbons (Fsp3) is 0.533. The molecule has 7 heteroatoms. The number of benzene rings is 1. The van der Waals surface area contributed by atoms with Gasteiger partial charge in [0.15, 0.2) is 6.10 Å². The van der Waals surface area contributed by atoms with Crippen molar-refractivity contribution in [3.63, 3.8) is 0 Å². The van der Waals surface area contributed by atoms with Gasteiger partial charge in [-0.25, -0.2) is 0 Å². The fourth-order valence-corrected chi connectivity index (χ4v) is 2.80. The second-order valence-corrected chi connectivity index (χ2v) is 6.26. The van der Waals surface area contributed by atoms with Gasteiger partial charge in [0.1, 0.15) is 5.75 Å². The fourth-order valence-electron chi connectivity index (χ4n) is 2.34. The molecule has 1 saturated heterocycles. The highest BCUT2D eigenvalue weighted by Crippen LogP contribution is 2.28. The van der Waals surface area contributed by atoms with E-state index in [1.807, 2.05) is 0 Å². The molecule has 22 heavy (non-hydrogen) atoms. The van der Waals surface area contributed by atoms with Gasteiger partial charge in [-0.15, -0.1) is 12.4 Å². The van der Waals surface area contributed by atoms with E-state index in [-0.39, 0.29) is 24.4 Å². The number of piperidine rings is 1. The van der Waals surface area contributed by atoms with E-state index in [0.717, 1.165) is 19.5 Å². The zero-order valence-electron chi connectivity index (χ0n) is 12.6. The summed E-state index contributed by atoms with van der Waals surface area (Å²) in [6, 6.07) is 5.13. The zero-order chi connectivity index (χ0) is 15.4. The van der Waals surface area contributed by atoms with Gasteiger partial charge in [0.25, 0.3) is 5.91 Å². The molecular weight excluding hydrogens is 347 g/mol. The predicted octanol–water partition coefficient (Wildman–Crippen LogP) is 3.30. The van der Waals surface area contributed by atoms with Crippen LogP contribution in [0.15, 0.2) is 18.2 Å². The quantitative estimate of drug-likeness (QED) is 0.858. The largest absolute Gasteiger partial charge is 0.479 e. The highest BCUT2D eigenvalue weighted by atomic mass is 35.5. The zero-order valence-corrected chi connectivity index (χ0v) is 14.9. The third-order valence-corrected chi connectivity index (χ3v) is 4.21. The molecule has 1 aromatic rings. The topological polar surface area (TPSA) is 50.4 Å². The summed E-state index contributed by atoms with van der Waals surface area (Å²) in [5.74, 6) is 0.746. The summed E-state index contributed by atoms with van der Waals surface area (Å²) in [5.41, 5.74) is 0. The third-order valence-electron chi connectivity index (χ3n) is 3.68. The Bertz CT molecular complexity index is 514. The van der Waals surface area contributed by atoms with Gasteiger partial charge in [-0.3, -0.25) is 4.79 Å². The van der Waals surface area contributed by atoms with Crippen LogP contribution in [0, 0.1) is 5.92 Å². The number of carbonyl (C=O) groups excluding carboxylic acids is 1. The lowest BCUT2D eigenvalue weighted by Crippen LogP contribution is -2.51. The molecule has 1 fully saturated rings. The number of amides is 1. The lowest BCUT2D eigenvalue weighted by atomic mass is 9.95. The molecule has 1 aromatic carbocycles. The summed E-state index contributed by atoms with van der Waals surface area (Å²) in [7, 11) is 0. The number of nitrogens with one attached hydrogen (secondary N) is 2. The molecule has 124 valence electrons. The molecule has 1 amide bonds. The maximum absolute atomic E-state index is 12.2. The summed E-state index contributed by atoms with van der Waals surface area (Å²) in [6.07, 6.45) is 0.326. The minimum atomic E-state index is -0.606. The molecule has 0 aromatic heterocycles. The molecule has 0 spiro atoms. The Kier molecular flexibility index (Phi) is 7.77. The molecule has 2 N–H and O–H groups in total. The standard InChI is InChI=1S/C15H20Cl2N2O2.ClH/c1-9-8-18-6-5-13(9)19-15(20)10(2)21-14-4-3-11(16)7-12(14)17;/h3-4,7,9-10,13,18H,5-6,8H2,1-2H3,(H,19,20);1H. The summed E-state index contributed by atoms with van der Waals surface area (Å²) in [5, 5.41) is 7.29. The van der Waals surface area contributed by atoms with Gasteiger partial charge in [-0.05, 0) is 50.6 Å². The van der Waals surface area contributed by atoms with Gasteiger partial charge in [0, 0.05) is 11.1 Å². The molecule has 0 radical (unpaired) electrons. The van der Waals surface area contributed by atoms with E-state index in [1.54, 1.807) is 25.1 Å². The smallest absolute Gasteiger partial charge is 0.261 e. The van der Waals surface area contributed by atoms with Crippen molar-refractivity contribution in [1.82, 2.24) is 10.6 Å². The Morgan fingerprint density at radius 1 is 1.45 bits per heavy atom. The third kappa shape index (κ3) is 5.20. The van der Waals surface area contributed by atoms with E-state index in [2.05, 4.69) is 17.6 Å². The van der Waals surface area contributed by atoms with Crippen LogP contribution in [-0.4, -0.2) is 31.1 Å². The molecule has 2 rings (SSSR count). The highest BCUT2D eigenvalue weighted by molar-refractivity contribution is 6.35. The van der Waals surface area contributed by atoms with E-state index >= 15 is 0 Å². The Labute approximate surface area is 147 Å². The summed E-state index contributed by atoms with van der Waals surface area (Å²) < 4.78 is 5.62. The first-order valence-electron chi connectivity index (χ1n) is 7.10. The minimum Gasteiger partial charge on any atom is -0.479 e. The molecule has 0 bridgehead atoms. The molecule has 3 unspecified atom stereocenters. The van der Waals surface area contributed by atoms with Gasteiger partial charge >= 0.3 is 0 Å². The number of rotatable bonds is 4. The average molecular weight is 368 g/mol. The average Bonchev–Trinajstić information content (AvgIpc) is 2.44. The molecule has 4 nitrogen and oxygen atoms in total. The van der Waals surface area contributed by atoms with Gasteiger partial charge in [0.2, 0.25) is 0 Å². The van der Waals surface area contributed by atoms with Crippen molar-refractivity contribution in [3.8, 4) is 5.75 Å². The van der Waals surface area contributed by atoms with Crippen LogP contribution in [-0.2, 0) is 4.79 Å². The second kappa shape index (κ2) is 8.82. The Hall–Kier alpha value is -0.680. The number of carbonyl (C=O) groups is 1. The molecule has 0 aliphatic carbocycles. The normalized spacial score (nSPS) is 22.4. The van der Waals surface area contributed by atoms with E-state index in [9.17, 15) is 4.79 Å². The van der Waals surface area contributed by atoms with E-state index in [1.165, 1.54) is 0 Å². The van der Waals surface area contributed by atoms with Gasteiger partial charge in [-0.1, -0.05) is 30.1 Å². The second-order valence-electron chi connectivity index (χ2n) is 5.42. The molecule has 0 saturated carbocycles. The van der Waals surface area contributed by atoms with Crippen molar-refractivity contribution in [2.24, 2.45) is 5.92 Å². The Balaban J connectivity index is 0.00000242. The van der Waals surface area contributed by atoms with Crippen molar-refractivity contribution in [2.45, 2.75) is 32.4 Å². The molecular formula is C15H21Cl3N2O2. The molecule has 3 atom stereocenters. The highest BCUT2D eigenvalue weighted by Gasteiger charge is 2.25. The van der Waals surface area contributed by atoms with Crippen molar-refractivity contribution in [1.29, 1.82) is 0 Å². The van der Waals surface area contributed by atoms with Gasteiger partial charge < -0.3 is 15.4 Å². The number of halogens is 3. The van der Waals surface area contributed by atoms with Crippen molar-refractivity contribution in [3.05, 3.63) is 28.2 Å². The molecule has 1 heterocycles. The van der Waals surface area contributed by atoms with E-state index in [0.29, 0.717) is 21.7 Å². The van der Waals surface area contributed by atoms with Crippen LogP contribution >= 0.6 is 35.6 Å². The van der Waals surface area contributed by atoms with Crippen molar-refractivity contribution >= 4 is 41.5 Å². The van der Waals surface area contributed by atoms with Crippen LogP contribution in [0.5, 0.6) is 5.75 Å². The summed E-state index contributed by atoms with van der Waals surface area (Å²) in [4.78, 5) is 12.2. The first-order chi connectivity index (χ1) is 9.97. The van der Waals surface area contributed by atoms with Crippen LogP contribution < -0.4 is 15.4 Å². The first-order valence-corrected chi connectivity index (χ1v) is 7.85. The van der Waals surface area contributed by atoms with Crippen LogP contribution in [0.25, 0.3) is 0 Å². The minimum absolute atomic E-state index is 0. The Morgan fingerprint density at radius 2 is 2.18 bits per heavy atom. The monoisotopic (exact) mass is 366 g/mol.